The number of rotatable bonds is 5. The van der Waals surface area contributed by atoms with Crippen LogP contribution in [0.2, 0.25) is 0 Å². The number of carbonyl (C=O) groups is 2. The lowest BCUT2D eigenvalue weighted by molar-refractivity contribution is -0.137. The Labute approximate surface area is 96.8 Å². The Morgan fingerprint density at radius 2 is 1.75 bits per heavy atom. The number of carboxylic acids is 1. The van der Waals surface area contributed by atoms with Gasteiger partial charge >= 0.3 is 12.0 Å². The minimum absolute atomic E-state index is 0.0463. The van der Waals surface area contributed by atoms with E-state index in [1.165, 1.54) is 0 Å². The normalized spacial score (nSPS) is 12.7. The van der Waals surface area contributed by atoms with Crippen LogP contribution in [-0.2, 0) is 4.79 Å². The van der Waals surface area contributed by atoms with E-state index in [9.17, 15) is 9.59 Å². The number of carboxylic acid groups (broad SMARTS) is 1. The van der Waals surface area contributed by atoms with E-state index < -0.39 is 5.97 Å². The van der Waals surface area contributed by atoms with Crippen molar-refractivity contribution in [1.29, 1.82) is 0 Å². The van der Waals surface area contributed by atoms with E-state index in [-0.39, 0.29) is 30.5 Å². The highest BCUT2D eigenvalue weighted by Crippen LogP contribution is 2.07. The van der Waals surface area contributed by atoms with Crippen LogP contribution in [0.3, 0.4) is 0 Å². The summed E-state index contributed by atoms with van der Waals surface area (Å²) in [4.78, 5) is 23.9. The van der Waals surface area contributed by atoms with Gasteiger partial charge in [-0.15, -0.1) is 0 Å². The highest BCUT2D eigenvalue weighted by atomic mass is 16.4. The number of urea groups is 1. The van der Waals surface area contributed by atoms with Crippen LogP contribution in [0.25, 0.3) is 0 Å². The molecule has 0 spiro atoms. The van der Waals surface area contributed by atoms with E-state index in [4.69, 9.17) is 5.11 Å². The van der Waals surface area contributed by atoms with Gasteiger partial charge in [-0.1, -0.05) is 13.8 Å². The van der Waals surface area contributed by atoms with E-state index in [0.29, 0.717) is 0 Å². The fourth-order valence-electron chi connectivity index (χ4n) is 1.14. The molecule has 0 radical (unpaired) electrons. The number of amides is 2. The summed E-state index contributed by atoms with van der Waals surface area (Å²) in [5, 5.41) is 11.5. The first-order valence-electron chi connectivity index (χ1n) is 5.50. The third kappa shape index (κ3) is 5.00. The van der Waals surface area contributed by atoms with Crippen molar-refractivity contribution < 1.29 is 14.7 Å². The van der Waals surface area contributed by atoms with Crippen LogP contribution in [-0.4, -0.2) is 41.1 Å². The molecule has 0 saturated heterocycles. The maximum atomic E-state index is 11.7. The van der Waals surface area contributed by atoms with Crippen LogP contribution in [0.1, 0.15) is 34.1 Å². The van der Waals surface area contributed by atoms with Crippen molar-refractivity contribution in [3.05, 3.63) is 0 Å². The van der Waals surface area contributed by atoms with Gasteiger partial charge < -0.3 is 15.3 Å². The van der Waals surface area contributed by atoms with Crippen LogP contribution in [0, 0.1) is 5.92 Å². The van der Waals surface area contributed by atoms with Crippen molar-refractivity contribution in [1.82, 2.24) is 10.2 Å². The van der Waals surface area contributed by atoms with Crippen LogP contribution < -0.4 is 5.32 Å². The van der Waals surface area contributed by atoms with Gasteiger partial charge in [0.2, 0.25) is 0 Å². The average molecular weight is 230 g/mol. The highest BCUT2D eigenvalue weighted by molar-refractivity contribution is 5.76. The Morgan fingerprint density at radius 3 is 2.06 bits per heavy atom. The summed E-state index contributed by atoms with van der Waals surface area (Å²) in [6.07, 6.45) is -0.0463. The molecule has 16 heavy (non-hydrogen) atoms. The van der Waals surface area contributed by atoms with E-state index in [0.717, 1.165) is 0 Å². The molecule has 2 amide bonds. The standard InChI is InChI=1S/C11H22N2O3/c1-7(2)9(6-10(14)15)12-11(16)13(5)8(3)4/h7-9H,6H2,1-5H3,(H,12,16)(H,14,15). The van der Waals surface area contributed by atoms with Gasteiger partial charge in [-0.25, -0.2) is 4.79 Å². The fraction of sp³-hybridized carbons (Fsp3) is 0.818. The van der Waals surface area contributed by atoms with Gasteiger partial charge in [0.1, 0.15) is 0 Å². The predicted molar refractivity (Wildman–Crippen MR) is 62.3 cm³/mol. The van der Waals surface area contributed by atoms with Crippen molar-refractivity contribution in [2.45, 2.75) is 46.2 Å². The molecule has 0 saturated carbocycles. The first-order chi connectivity index (χ1) is 7.25. The van der Waals surface area contributed by atoms with Crippen molar-refractivity contribution >= 4 is 12.0 Å². The Kier molecular flexibility index (Phi) is 5.85. The molecule has 0 aliphatic rings. The molecule has 0 aromatic carbocycles. The van der Waals surface area contributed by atoms with Crippen molar-refractivity contribution in [3.8, 4) is 0 Å². The topological polar surface area (TPSA) is 69.6 Å². The second kappa shape index (κ2) is 6.35. The molecule has 0 rings (SSSR count). The summed E-state index contributed by atoms with van der Waals surface area (Å²) >= 11 is 0. The second-order valence-corrected chi connectivity index (χ2v) is 4.60. The van der Waals surface area contributed by atoms with Gasteiger partial charge in [0.15, 0.2) is 0 Å². The van der Waals surface area contributed by atoms with Crippen LogP contribution >= 0.6 is 0 Å². The third-order valence-corrected chi connectivity index (χ3v) is 2.60. The van der Waals surface area contributed by atoms with E-state index in [1.54, 1.807) is 11.9 Å². The molecule has 0 aromatic rings. The van der Waals surface area contributed by atoms with E-state index in [2.05, 4.69) is 5.32 Å². The van der Waals surface area contributed by atoms with Crippen molar-refractivity contribution in [2.24, 2.45) is 5.92 Å². The van der Waals surface area contributed by atoms with Crippen LogP contribution in [0.4, 0.5) is 4.79 Å². The lowest BCUT2D eigenvalue weighted by atomic mass is 10.0. The highest BCUT2D eigenvalue weighted by Gasteiger charge is 2.21. The monoisotopic (exact) mass is 230 g/mol. The average Bonchev–Trinajstić information content (AvgIpc) is 2.14. The summed E-state index contributed by atoms with van der Waals surface area (Å²) in [6.45, 7) is 7.59. The summed E-state index contributed by atoms with van der Waals surface area (Å²) in [6, 6.07) is -0.459. The molecule has 5 nitrogen and oxygen atoms in total. The van der Waals surface area contributed by atoms with Gasteiger partial charge in [-0.05, 0) is 19.8 Å². The summed E-state index contributed by atoms with van der Waals surface area (Å²) < 4.78 is 0. The molecule has 1 unspecified atom stereocenters. The molecule has 2 N–H and O–H groups in total. The van der Waals surface area contributed by atoms with Gasteiger partial charge in [-0.3, -0.25) is 4.79 Å². The molecule has 1 atom stereocenters. The maximum absolute atomic E-state index is 11.7. The zero-order valence-corrected chi connectivity index (χ0v) is 10.7. The Hall–Kier alpha value is -1.26. The molecule has 0 fully saturated rings. The fourth-order valence-corrected chi connectivity index (χ4v) is 1.14. The number of aliphatic carboxylic acids is 1. The molecule has 5 heteroatoms. The van der Waals surface area contributed by atoms with Gasteiger partial charge in [-0.2, -0.15) is 0 Å². The molecule has 0 heterocycles. The molecule has 94 valence electrons. The van der Waals surface area contributed by atoms with E-state index >= 15 is 0 Å². The summed E-state index contributed by atoms with van der Waals surface area (Å²) in [5.74, 6) is -0.799. The van der Waals surface area contributed by atoms with E-state index in [1.807, 2.05) is 27.7 Å². The lowest BCUT2D eigenvalue weighted by Crippen LogP contribution is -2.48. The first-order valence-corrected chi connectivity index (χ1v) is 5.50. The SMILES string of the molecule is CC(C)C(CC(=O)O)NC(=O)N(C)C(C)C. The second-order valence-electron chi connectivity index (χ2n) is 4.60. The lowest BCUT2D eigenvalue weighted by Gasteiger charge is -2.27. The van der Waals surface area contributed by atoms with Crippen molar-refractivity contribution in [2.75, 3.05) is 7.05 Å². The van der Waals surface area contributed by atoms with Gasteiger partial charge in [0.25, 0.3) is 0 Å². The molecular formula is C11H22N2O3. The Bertz CT molecular complexity index is 252. The summed E-state index contributed by atoms with van der Waals surface area (Å²) in [5.41, 5.74) is 0. The van der Waals surface area contributed by atoms with Gasteiger partial charge in [0, 0.05) is 19.1 Å². The van der Waals surface area contributed by atoms with Crippen LogP contribution in [0.15, 0.2) is 0 Å². The van der Waals surface area contributed by atoms with Crippen molar-refractivity contribution in [3.63, 3.8) is 0 Å². The number of hydrogen-bond acceptors (Lipinski definition) is 2. The number of hydrogen-bond donors (Lipinski definition) is 2. The zero-order chi connectivity index (χ0) is 12.9. The molecule has 0 aromatic heterocycles. The first kappa shape index (κ1) is 14.7. The molecular weight excluding hydrogens is 208 g/mol. The Morgan fingerprint density at radius 1 is 1.25 bits per heavy atom. The summed E-state index contributed by atoms with van der Waals surface area (Å²) in [7, 11) is 1.69. The number of nitrogens with zero attached hydrogens (tertiary/aromatic N) is 1. The minimum atomic E-state index is -0.897. The maximum Gasteiger partial charge on any atom is 0.317 e. The minimum Gasteiger partial charge on any atom is -0.481 e. The zero-order valence-electron chi connectivity index (χ0n) is 10.7. The van der Waals surface area contributed by atoms with Gasteiger partial charge in [0.05, 0.1) is 6.42 Å². The predicted octanol–water partition coefficient (Wildman–Crippen LogP) is 1.54. The number of nitrogens with one attached hydrogen (secondary N) is 1. The largest absolute Gasteiger partial charge is 0.481 e. The Balaban J connectivity index is 4.40. The molecule has 0 aliphatic heterocycles. The smallest absolute Gasteiger partial charge is 0.317 e. The molecule has 0 bridgehead atoms. The quantitative estimate of drug-likeness (QED) is 0.752. The number of carbonyl (C=O) groups excluding carboxylic acids is 1. The van der Waals surface area contributed by atoms with Crippen LogP contribution in [0.5, 0.6) is 0 Å². The molecule has 0 aliphatic carbocycles. The third-order valence-electron chi connectivity index (χ3n) is 2.60.